The molecule has 1 fully saturated rings. The number of hydrogen-bond acceptors (Lipinski definition) is 6. The summed E-state index contributed by atoms with van der Waals surface area (Å²) in [6.45, 7) is 1.12. The summed E-state index contributed by atoms with van der Waals surface area (Å²) in [5.41, 5.74) is 1.84. The normalized spacial score (nSPS) is 16.3. The molecule has 0 bridgehead atoms. The minimum atomic E-state index is -3.87. The van der Waals surface area contributed by atoms with Crippen molar-refractivity contribution in [1.29, 1.82) is 0 Å². The van der Waals surface area contributed by atoms with Gasteiger partial charge in [-0.2, -0.15) is 4.31 Å². The molecule has 3 aromatic rings. The lowest BCUT2D eigenvalue weighted by Crippen LogP contribution is -2.32. The second-order valence-electron chi connectivity index (χ2n) is 9.76. The number of benzene rings is 3. The predicted molar refractivity (Wildman–Crippen MR) is 154 cm³/mol. The lowest BCUT2D eigenvalue weighted by Gasteiger charge is -2.22. The average molecular weight is 604 g/mol. The molecule has 3 aromatic carbocycles. The van der Waals surface area contributed by atoms with Crippen LogP contribution in [-0.2, 0) is 26.5 Å². The maximum atomic E-state index is 13.5. The molecule has 1 N–H and O–H groups in total. The van der Waals surface area contributed by atoms with E-state index in [2.05, 4.69) is 5.32 Å². The van der Waals surface area contributed by atoms with Gasteiger partial charge in [0, 0.05) is 35.9 Å². The summed E-state index contributed by atoms with van der Waals surface area (Å²) in [4.78, 5) is 13.3. The van der Waals surface area contributed by atoms with E-state index in [1.54, 1.807) is 18.2 Å². The van der Waals surface area contributed by atoms with Crippen LogP contribution in [0, 0.1) is 0 Å². The van der Waals surface area contributed by atoms with E-state index >= 15 is 0 Å². The van der Waals surface area contributed by atoms with E-state index in [9.17, 15) is 21.6 Å². The van der Waals surface area contributed by atoms with Gasteiger partial charge in [-0.25, -0.2) is 16.8 Å². The van der Waals surface area contributed by atoms with Crippen molar-refractivity contribution in [1.82, 2.24) is 4.31 Å². The number of halogens is 1. The van der Waals surface area contributed by atoms with Crippen LogP contribution in [0.1, 0.15) is 41.6 Å². The van der Waals surface area contributed by atoms with Crippen molar-refractivity contribution in [2.45, 2.75) is 41.9 Å². The molecule has 0 aliphatic carbocycles. The Bertz CT molecular complexity index is 1630. The van der Waals surface area contributed by atoms with Crippen LogP contribution in [0.2, 0.25) is 5.02 Å². The standard InChI is InChI=1S/C28H30ClN3O6S2/c1-38-26-13-7-21(18-27(26)40(36,37)31-15-4-2-3-5-16-31)28(33)30-23-10-6-20-14-17-32(25(20)19-23)39(34,35)24-11-8-22(29)9-12-24/h6-13,18-19H,2-5,14-17H2,1H3,(H,30,33). The molecular weight excluding hydrogens is 574 g/mol. The highest BCUT2D eigenvalue weighted by Crippen LogP contribution is 2.36. The molecule has 5 rings (SSSR count). The highest BCUT2D eigenvalue weighted by molar-refractivity contribution is 7.92. The monoisotopic (exact) mass is 603 g/mol. The summed E-state index contributed by atoms with van der Waals surface area (Å²) in [7, 11) is -6.31. The van der Waals surface area contributed by atoms with E-state index in [-0.39, 0.29) is 27.6 Å². The van der Waals surface area contributed by atoms with Crippen molar-refractivity contribution in [3.05, 3.63) is 76.8 Å². The summed E-state index contributed by atoms with van der Waals surface area (Å²) in [5.74, 6) is -0.360. The van der Waals surface area contributed by atoms with Gasteiger partial charge in [0.1, 0.15) is 10.6 Å². The first-order chi connectivity index (χ1) is 19.1. The molecule has 40 heavy (non-hydrogen) atoms. The third-order valence-electron chi connectivity index (χ3n) is 7.21. The molecule has 2 aliphatic rings. The summed E-state index contributed by atoms with van der Waals surface area (Å²) in [6.07, 6.45) is 4.05. The van der Waals surface area contributed by atoms with Gasteiger partial charge in [-0.1, -0.05) is 30.5 Å². The number of carbonyl (C=O) groups excluding carboxylic acids is 1. The molecule has 0 radical (unpaired) electrons. The number of nitrogens with zero attached hydrogens (tertiary/aromatic N) is 2. The van der Waals surface area contributed by atoms with Gasteiger partial charge in [-0.15, -0.1) is 0 Å². The van der Waals surface area contributed by atoms with Gasteiger partial charge < -0.3 is 10.1 Å². The van der Waals surface area contributed by atoms with Crippen molar-refractivity contribution in [3.63, 3.8) is 0 Å². The fraction of sp³-hybridized carbons (Fsp3) is 0.321. The number of sulfonamides is 2. The van der Waals surface area contributed by atoms with Crippen molar-refractivity contribution in [3.8, 4) is 5.75 Å². The third-order valence-corrected chi connectivity index (χ3v) is 11.2. The van der Waals surface area contributed by atoms with Crippen LogP contribution < -0.4 is 14.4 Å². The number of ether oxygens (including phenoxy) is 1. The molecule has 0 aromatic heterocycles. The van der Waals surface area contributed by atoms with Gasteiger partial charge in [0.2, 0.25) is 10.0 Å². The molecule has 1 saturated heterocycles. The number of carbonyl (C=O) groups is 1. The molecule has 0 spiro atoms. The number of rotatable bonds is 7. The molecule has 9 nitrogen and oxygen atoms in total. The minimum Gasteiger partial charge on any atom is -0.495 e. The number of methoxy groups -OCH3 is 1. The molecule has 0 saturated carbocycles. The summed E-state index contributed by atoms with van der Waals surface area (Å²) in [5, 5.41) is 3.22. The topological polar surface area (TPSA) is 113 Å². The van der Waals surface area contributed by atoms with Crippen LogP contribution in [-0.4, -0.2) is 53.8 Å². The zero-order valence-corrected chi connectivity index (χ0v) is 24.4. The van der Waals surface area contributed by atoms with E-state index in [0.29, 0.717) is 35.9 Å². The van der Waals surface area contributed by atoms with E-state index in [0.717, 1.165) is 31.2 Å². The van der Waals surface area contributed by atoms with Crippen LogP contribution in [0.5, 0.6) is 5.75 Å². The largest absolute Gasteiger partial charge is 0.495 e. The third kappa shape index (κ3) is 5.56. The van der Waals surface area contributed by atoms with Crippen LogP contribution in [0.15, 0.2) is 70.5 Å². The number of amides is 1. The predicted octanol–water partition coefficient (Wildman–Crippen LogP) is 4.92. The zero-order chi connectivity index (χ0) is 28.5. The fourth-order valence-electron chi connectivity index (χ4n) is 5.05. The highest BCUT2D eigenvalue weighted by atomic mass is 35.5. The van der Waals surface area contributed by atoms with Crippen molar-refractivity contribution < 1.29 is 26.4 Å². The highest BCUT2D eigenvalue weighted by Gasteiger charge is 2.32. The second kappa shape index (κ2) is 11.4. The number of fused-ring (bicyclic) bond motifs is 1. The Morgan fingerprint density at radius 2 is 1.55 bits per heavy atom. The van der Waals surface area contributed by atoms with E-state index in [1.165, 1.54) is 58.2 Å². The maximum Gasteiger partial charge on any atom is 0.264 e. The van der Waals surface area contributed by atoms with Gasteiger partial charge in [-0.05, 0) is 79.4 Å². The Morgan fingerprint density at radius 3 is 2.23 bits per heavy atom. The lowest BCUT2D eigenvalue weighted by molar-refractivity contribution is 0.102. The first-order valence-electron chi connectivity index (χ1n) is 13.0. The SMILES string of the molecule is COc1ccc(C(=O)Nc2ccc3c(c2)N(S(=O)(=O)c2ccc(Cl)cc2)CC3)cc1S(=O)(=O)N1CCCCCC1. The van der Waals surface area contributed by atoms with Gasteiger partial charge in [0.05, 0.1) is 17.7 Å². The van der Waals surface area contributed by atoms with E-state index in [4.69, 9.17) is 16.3 Å². The molecule has 0 atom stereocenters. The first kappa shape index (κ1) is 28.4. The number of hydrogen-bond donors (Lipinski definition) is 1. The molecule has 2 heterocycles. The van der Waals surface area contributed by atoms with Gasteiger partial charge >= 0.3 is 0 Å². The maximum absolute atomic E-state index is 13.5. The second-order valence-corrected chi connectivity index (χ2v) is 14.0. The molecular formula is C28H30ClN3O6S2. The zero-order valence-electron chi connectivity index (χ0n) is 22.0. The van der Waals surface area contributed by atoms with Crippen LogP contribution >= 0.6 is 11.6 Å². The van der Waals surface area contributed by atoms with Gasteiger partial charge in [0.25, 0.3) is 15.9 Å². The molecule has 1 amide bonds. The number of anilines is 2. The van der Waals surface area contributed by atoms with Crippen LogP contribution in [0.25, 0.3) is 0 Å². The fourth-order valence-corrected chi connectivity index (χ4v) is 8.37. The summed E-state index contributed by atoms with van der Waals surface area (Å²) < 4.78 is 61.8. The Hall–Kier alpha value is -3.12. The Balaban J connectivity index is 1.41. The lowest BCUT2D eigenvalue weighted by atomic mass is 10.1. The van der Waals surface area contributed by atoms with Crippen LogP contribution in [0.4, 0.5) is 11.4 Å². The quantitative estimate of drug-likeness (QED) is 0.410. The van der Waals surface area contributed by atoms with Crippen molar-refractivity contribution in [2.24, 2.45) is 0 Å². The van der Waals surface area contributed by atoms with E-state index in [1.807, 2.05) is 0 Å². The molecule has 12 heteroatoms. The Labute approximate surface area is 239 Å². The Morgan fingerprint density at radius 1 is 0.850 bits per heavy atom. The molecule has 2 aliphatic heterocycles. The molecule has 0 unspecified atom stereocenters. The van der Waals surface area contributed by atoms with Crippen LogP contribution in [0.3, 0.4) is 0 Å². The van der Waals surface area contributed by atoms with Gasteiger partial charge in [0.15, 0.2) is 0 Å². The average Bonchev–Trinajstić information content (AvgIpc) is 3.17. The first-order valence-corrected chi connectivity index (χ1v) is 16.3. The van der Waals surface area contributed by atoms with E-state index < -0.39 is 26.0 Å². The summed E-state index contributed by atoms with van der Waals surface area (Å²) in [6, 6.07) is 15.4. The van der Waals surface area contributed by atoms with Crippen molar-refractivity contribution >= 4 is 48.9 Å². The van der Waals surface area contributed by atoms with Crippen molar-refractivity contribution in [2.75, 3.05) is 36.4 Å². The minimum absolute atomic E-state index is 0.0567. The smallest absolute Gasteiger partial charge is 0.264 e. The van der Waals surface area contributed by atoms with Gasteiger partial charge in [-0.3, -0.25) is 9.10 Å². The Kier molecular flexibility index (Phi) is 8.10. The summed E-state index contributed by atoms with van der Waals surface area (Å²) >= 11 is 5.93. The molecule has 212 valence electrons. The number of nitrogens with one attached hydrogen (secondary N) is 1.